The van der Waals surface area contributed by atoms with Crippen LogP contribution in [0.2, 0.25) is 0 Å². The van der Waals surface area contributed by atoms with Gasteiger partial charge in [0, 0.05) is 52.8 Å². The summed E-state index contributed by atoms with van der Waals surface area (Å²) >= 11 is 0. The first kappa shape index (κ1) is 50.6. The van der Waals surface area contributed by atoms with Gasteiger partial charge in [0.15, 0.2) is 12.6 Å². The summed E-state index contributed by atoms with van der Waals surface area (Å²) in [4.78, 5) is 61.7. The van der Waals surface area contributed by atoms with Crippen LogP contribution in [0.25, 0.3) is 0 Å². The summed E-state index contributed by atoms with van der Waals surface area (Å²) in [5.41, 5.74) is 0.912. The quantitative estimate of drug-likeness (QED) is 0.0491. The number of carbonyl (C=O) groups is 5. The van der Waals surface area contributed by atoms with E-state index in [2.05, 4.69) is 26.6 Å². The molecule has 2 fully saturated rings. The number of ether oxygens (including phenoxy) is 4. The first-order valence-corrected chi connectivity index (χ1v) is 21.0. The summed E-state index contributed by atoms with van der Waals surface area (Å²) in [5, 5.41) is 66.0. The minimum Gasteiger partial charge on any atom is -0.394 e. The number of benzene rings is 1. The summed E-state index contributed by atoms with van der Waals surface area (Å²) in [6.07, 6.45) is -4.63. The van der Waals surface area contributed by atoms with Crippen LogP contribution in [-0.4, -0.2) is 155 Å². The molecule has 2 saturated heterocycles. The fourth-order valence-corrected chi connectivity index (χ4v) is 7.08. The van der Waals surface area contributed by atoms with E-state index in [-0.39, 0.29) is 30.7 Å². The number of rotatable bonds is 26. The third-order valence-electron chi connectivity index (χ3n) is 10.2. The van der Waals surface area contributed by atoms with Gasteiger partial charge in [-0.1, -0.05) is 56.5 Å². The SMILES string of the molecule is CCCC(=O)NCCCCCC(=O)N[C@@H](Cc1ccccc1)C(=O)NCCCCCCO[C@@H]1O[C@H](CO)[C@@H](O[C@@H]2O[C@H](CO)[C@@H](O)[C@H](O)[C@H]2NC(C)=O)[C@H](O)[C@H]1NC(C)=O. The lowest BCUT2D eigenvalue weighted by atomic mass is 9.94. The Morgan fingerprint density at radius 3 is 1.93 bits per heavy atom. The molecule has 1 aromatic rings. The van der Waals surface area contributed by atoms with Gasteiger partial charge in [0.25, 0.3) is 0 Å². The zero-order chi connectivity index (χ0) is 44.0. The third kappa shape index (κ3) is 16.9. The number of aliphatic hydroxyl groups is 5. The summed E-state index contributed by atoms with van der Waals surface area (Å²) in [6, 6.07) is 6.19. The van der Waals surface area contributed by atoms with E-state index in [1.807, 2.05) is 37.3 Å². The van der Waals surface area contributed by atoms with E-state index in [0.29, 0.717) is 51.6 Å². The smallest absolute Gasteiger partial charge is 0.242 e. The van der Waals surface area contributed by atoms with Crippen LogP contribution in [0.4, 0.5) is 0 Å². The van der Waals surface area contributed by atoms with Gasteiger partial charge in [-0.05, 0) is 37.7 Å². The van der Waals surface area contributed by atoms with Gasteiger partial charge in [-0.3, -0.25) is 24.0 Å². The predicted molar refractivity (Wildman–Crippen MR) is 215 cm³/mol. The van der Waals surface area contributed by atoms with E-state index < -0.39 is 92.4 Å². The Bertz CT molecular complexity index is 1460. The second-order valence-electron chi connectivity index (χ2n) is 15.3. The predicted octanol–water partition coefficient (Wildman–Crippen LogP) is -1.20. The zero-order valence-corrected chi connectivity index (χ0v) is 35.0. The molecule has 2 heterocycles. The van der Waals surface area contributed by atoms with Crippen LogP contribution >= 0.6 is 0 Å². The minimum absolute atomic E-state index is 0.0296. The molecule has 0 saturated carbocycles. The second-order valence-corrected chi connectivity index (χ2v) is 15.3. The first-order chi connectivity index (χ1) is 28.8. The molecule has 60 heavy (non-hydrogen) atoms. The molecule has 11 atom stereocenters. The van der Waals surface area contributed by atoms with Crippen molar-refractivity contribution < 1.29 is 68.5 Å². The highest BCUT2D eigenvalue weighted by molar-refractivity contribution is 5.87. The van der Waals surface area contributed by atoms with Crippen molar-refractivity contribution in [1.29, 1.82) is 0 Å². The van der Waals surface area contributed by atoms with Gasteiger partial charge in [-0.25, -0.2) is 0 Å². The van der Waals surface area contributed by atoms with Crippen LogP contribution in [0.15, 0.2) is 30.3 Å². The lowest BCUT2D eigenvalue weighted by Crippen LogP contribution is -2.69. The summed E-state index contributed by atoms with van der Waals surface area (Å²) < 4.78 is 23.4. The van der Waals surface area contributed by atoms with Crippen molar-refractivity contribution in [2.45, 2.75) is 159 Å². The van der Waals surface area contributed by atoms with Crippen molar-refractivity contribution in [3.8, 4) is 0 Å². The number of aliphatic hydroxyl groups excluding tert-OH is 5. The van der Waals surface area contributed by atoms with Crippen molar-refractivity contribution in [1.82, 2.24) is 26.6 Å². The van der Waals surface area contributed by atoms with Crippen molar-refractivity contribution in [2.75, 3.05) is 32.9 Å². The van der Waals surface area contributed by atoms with Crippen molar-refractivity contribution in [3.63, 3.8) is 0 Å². The molecule has 0 bridgehead atoms. The summed E-state index contributed by atoms with van der Waals surface area (Å²) in [6.45, 7) is 4.11. The van der Waals surface area contributed by atoms with Crippen LogP contribution < -0.4 is 26.6 Å². The lowest BCUT2D eigenvalue weighted by Gasteiger charge is -2.48. The molecule has 5 amide bonds. The maximum absolute atomic E-state index is 13.2. The van der Waals surface area contributed by atoms with E-state index in [4.69, 9.17) is 18.9 Å². The van der Waals surface area contributed by atoms with E-state index in [0.717, 1.165) is 31.2 Å². The number of nitrogens with one attached hydrogen (secondary N) is 5. The van der Waals surface area contributed by atoms with Crippen LogP contribution in [0.1, 0.15) is 90.5 Å². The molecule has 19 nitrogen and oxygen atoms in total. The highest BCUT2D eigenvalue weighted by atomic mass is 16.7. The Hall–Kier alpha value is -3.79. The molecule has 0 aromatic heterocycles. The molecule has 0 spiro atoms. The van der Waals surface area contributed by atoms with Gasteiger partial charge in [-0.2, -0.15) is 0 Å². The van der Waals surface area contributed by atoms with E-state index >= 15 is 0 Å². The normalized spacial score (nSPS) is 27.0. The summed E-state index contributed by atoms with van der Waals surface area (Å²) in [7, 11) is 0. The fourth-order valence-electron chi connectivity index (χ4n) is 7.08. The molecule has 19 heteroatoms. The Labute approximate surface area is 351 Å². The fraction of sp³-hybridized carbons (Fsp3) is 0.732. The minimum atomic E-state index is -1.62. The average molecular weight is 854 g/mol. The highest BCUT2D eigenvalue weighted by Crippen LogP contribution is 2.30. The van der Waals surface area contributed by atoms with Crippen LogP contribution in [0, 0.1) is 0 Å². The molecular formula is C41H67N5O14. The maximum Gasteiger partial charge on any atom is 0.242 e. The van der Waals surface area contributed by atoms with Crippen molar-refractivity contribution in [2.24, 2.45) is 0 Å². The number of hydrogen-bond donors (Lipinski definition) is 10. The van der Waals surface area contributed by atoms with Crippen molar-refractivity contribution in [3.05, 3.63) is 35.9 Å². The maximum atomic E-state index is 13.2. The van der Waals surface area contributed by atoms with Gasteiger partial charge in [0.1, 0.15) is 54.7 Å². The van der Waals surface area contributed by atoms with Gasteiger partial charge in [-0.15, -0.1) is 0 Å². The Morgan fingerprint density at radius 2 is 1.30 bits per heavy atom. The van der Waals surface area contributed by atoms with Crippen molar-refractivity contribution >= 4 is 29.5 Å². The topological polar surface area (TPSA) is 284 Å². The molecular weight excluding hydrogens is 786 g/mol. The molecule has 0 aliphatic carbocycles. The highest BCUT2D eigenvalue weighted by Gasteiger charge is 2.51. The molecule has 0 radical (unpaired) electrons. The van der Waals surface area contributed by atoms with Crippen LogP contribution in [-0.2, 0) is 49.3 Å². The first-order valence-electron chi connectivity index (χ1n) is 21.0. The third-order valence-corrected chi connectivity index (χ3v) is 10.2. The van der Waals surface area contributed by atoms with E-state index in [9.17, 15) is 49.5 Å². The largest absolute Gasteiger partial charge is 0.394 e. The van der Waals surface area contributed by atoms with Gasteiger partial charge in [0.05, 0.1) is 13.2 Å². The van der Waals surface area contributed by atoms with Gasteiger partial charge >= 0.3 is 0 Å². The van der Waals surface area contributed by atoms with E-state index in [1.54, 1.807) is 0 Å². The molecule has 10 N–H and O–H groups in total. The Balaban J connectivity index is 1.46. The van der Waals surface area contributed by atoms with Crippen LogP contribution in [0.5, 0.6) is 0 Å². The zero-order valence-electron chi connectivity index (χ0n) is 35.0. The molecule has 2 aliphatic heterocycles. The standard InChI is InChI=1S/C41H67N5O14/c1-4-15-31(51)42-19-13-8-11-18-32(52)46-28(22-27-16-9-7-10-17-27)39(56)43-20-12-5-6-14-21-57-40-34(45-26(3)50)37(55)38(30(24-48)59-40)60-41-33(44-25(2)49)36(54)35(53)29(23-47)58-41/h7,9-10,16-17,28-30,33-38,40-41,47-48,53-55H,4-6,8,11-15,18-24H2,1-3H3,(H,42,51)(H,43,56)(H,44,49)(H,45,50)(H,46,52)/t28-,29+,30+,33+,34+,35+,36+,37+,38+,40+,41-/m0/s1. The molecule has 1 aromatic carbocycles. The Kier molecular flexibility index (Phi) is 22.9. The second kappa shape index (κ2) is 27.2. The van der Waals surface area contributed by atoms with Gasteiger partial charge < -0.3 is 71.1 Å². The molecule has 3 rings (SSSR count). The average Bonchev–Trinajstić information content (AvgIpc) is 3.21. The number of carbonyl (C=O) groups excluding carboxylic acids is 5. The molecule has 340 valence electrons. The molecule has 0 unspecified atom stereocenters. The van der Waals surface area contributed by atoms with Crippen LogP contribution in [0.3, 0.4) is 0 Å². The molecule has 2 aliphatic rings. The summed E-state index contributed by atoms with van der Waals surface area (Å²) in [5.74, 6) is -1.57. The lowest BCUT2D eigenvalue weighted by molar-refractivity contribution is -0.332. The Morgan fingerprint density at radius 1 is 0.700 bits per heavy atom. The van der Waals surface area contributed by atoms with Gasteiger partial charge in [0.2, 0.25) is 29.5 Å². The number of unbranched alkanes of at least 4 members (excludes halogenated alkanes) is 5. The number of hydrogen-bond acceptors (Lipinski definition) is 14. The monoisotopic (exact) mass is 853 g/mol. The number of amides is 5. The van der Waals surface area contributed by atoms with E-state index in [1.165, 1.54) is 13.8 Å².